The van der Waals surface area contributed by atoms with E-state index in [-0.39, 0.29) is 5.54 Å². The first-order valence-corrected chi connectivity index (χ1v) is 6.41. The first-order valence-electron chi connectivity index (χ1n) is 6.41. The molecular weight excluding hydrogens is 198 g/mol. The van der Waals surface area contributed by atoms with Gasteiger partial charge in [0.2, 0.25) is 0 Å². The quantitative estimate of drug-likeness (QED) is 0.775. The van der Waals surface area contributed by atoms with Crippen LogP contribution in [0.15, 0.2) is 0 Å². The van der Waals surface area contributed by atoms with Crippen molar-refractivity contribution < 1.29 is 0 Å². The third-order valence-electron chi connectivity index (χ3n) is 3.63. The van der Waals surface area contributed by atoms with Crippen molar-refractivity contribution in [2.75, 3.05) is 19.6 Å². The number of nitrogens with one attached hydrogen (secondary N) is 1. The predicted molar refractivity (Wildman–Crippen MR) is 67.1 cm³/mol. The van der Waals surface area contributed by atoms with E-state index in [9.17, 15) is 5.26 Å². The second kappa shape index (κ2) is 5.65. The second-order valence-electron chi connectivity index (χ2n) is 5.41. The van der Waals surface area contributed by atoms with Crippen LogP contribution >= 0.6 is 0 Å². The van der Waals surface area contributed by atoms with Gasteiger partial charge in [0.05, 0.1) is 6.07 Å². The van der Waals surface area contributed by atoms with Crippen molar-refractivity contribution in [3.63, 3.8) is 0 Å². The van der Waals surface area contributed by atoms with Crippen LogP contribution in [0.3, 0.4) is 0 Å². The Hall–Kier alpha value is -0.590. The molecule has 1 N–H and O–H groups in total. The zero-order valence-corrected chi connectivity index (χ0v) is 11.1. The standard InChI is InChI=1S/C13H25N3/c1-5-15-13(4,10-14)6-7-16-9-11(2)8-12(16)3/h11-12,15H,5-9H2,1-4H3. The van der Waals surface area contributed by atoms with Gasteiger partial charge in [-0.15, -0.1) is 0 Å². The molecule has 1 aliphatic rings. The first kappa shape index (κ1) is 13.5. The molecule has 3 atom stereocenters. The number of nitriles is 1. The van der Waals surface area contributed by atoms with Crippen molar-refractivity contribution in [2.24, 2.45) is 5.92 Å². The normalized spacial score (nSPS) is 29.9. The Morgan fingerprint density at radius 3 is 2.62 bits per heavy atom. The van der Waals surface area contributed by atoms with E-state index in [1.807, 2.05) is 6.92 Å². The van der Waals surface area contributed by atoms with Crippen molar-refractivity contribution in [3.8, 4) is 6.07 Å². The van der Waals surface area contributed by atoms with E-state index in [2.05, 4.69) is 37.1 Å². The van der Waals surface area contributed by atoms with Crippen LogP contribution in [0, 0.1) is 17.2 Å². The molecule has 1 heterocycles. The molecule has 1 saturated heterocycles. The van der Waals surface area contributed by atoms with Crippen molar-refractivity contribution in [3.05, 3.63) is 0 Å². The average molecular weight is 223 g/mol. The third kappa shape index (κ3) is 3.47. The van der Waals surface area contributed by atoms with Gasteiger partial charge < -0.3 is 4.90 Å². The molecule has 0 radical (unpaired) electrons. The molecule has 0 aromatic rings. The zero-order chi connectivity index (χ0) is 12.2. The summed E-state index contributed by atoms with van der Waals surface area (Å²) in [4.78, 5) is 2.51. The molecule has 0 aromatic heterocycles. The lowest BCUT2D eigenvalue weighted by molar-refractivity contribution is 0.238. The lowest BCUT2D eigenvalue weighted by Gasteiger charge is -2.27. The third-order valence-corrected chi connectivity index (χ3v) is 3.63. The topological polar surface area (TPSA) is 39.1 Å². The molecule has 0 amide bonds. The minimum atomic E-state index is -0.361. The van der Waals surface area contributed by atoms with Gasteiger partial charge in [0.1, 0.15) is 5.54 Å². The molecule has 3 unspecified atom stereocenters. The molecule has 1 rings (SSSR count). The maximum atomic E-state index is 9.18. The van der Waals surface area contributed by atoms with Crippen LogP contribution in [0.5, 0.6) is 0 Å². The molecule has 1 fully saturated rings. The van der Waals surface area contributed by atoms with E-state index in [1.54, 1.807) is 0 Å². The summed E-state index contributed by atoms with van der Waals surface area (Å²) in [7, 11) is 0. The van der Waals surface area contributed by atoms with Gasteiger partial charge in [-0.1, -0.05) is 13.8 Å². The molecule has 3 heteroatoms. The highest BCUT2D eigenvalue weighted by atomic mass is 15.2. The van der Waals surface area contributed by atoms with Crippen molar-refractivity contribution >= 4 is 0 Å². The summed E-state index contributed by atoms with van der Waals surface area (Å²) < 4.78 is 0. The first-order chi connectivity index (χ1) is 7.50. The number of likely N-dealkylation sites (tertiary alicyclic amines) is 1. The number of rotatable bonds is 5. The largest absolute Gasteiger partial charge is 0.300 e. The predicted octanol–water partition coefficient (Wildman–Crippen LogP) is 2.00. The highest BCUT2D eigenvalue weighted by molar-refractivity contribution is 5.04. The Kier molecular flexibility index (Phi) is 4.76. The zero-order valence-electron chi connectivity index (χ0n) is 11.1. The molecule has 3 nitrogen and oxygen atoms in total. The van der Waals surface area contributed by atoms with Gasteiger partial charge in [-0.05, 0) is 39.2 Å². The molecular formula is C13H25N3. The van der Waals surface area contributed by atoms with Crippen LogP contribution in [0.1, 0.15) is 40.5 Å². The summed E-state index contributed by atoms with van der Waals surface area (Å²) >= 11 is 0. The monoisotopic (exact) mass is 223 g/mol. The fourth-order valence-corrected chi connectivity index (χ4v) is 2.64. The highest BCUT2D eigenvalue weighted by Crippen LogP contribution is 2.23. The number of nitrogens with zero attached hydrogens (tertiary/aromatic N) is 2. The van der Waals surface area contributed by atoms with Crippen LogP contribution in [-0.4, -0.2) is 36.1 Å². The lowest BCUT2D eigenvalue weighted by Crippen LogP contribution is -2.44. The molecule has 0 aliphatic carbocycles. The number of hydrogen-bond donors (Lipinski definition) is 1. The van der Waals surface area contributed by atoms with Crippen molar-refractivity contribution in [2.45, 2.75) is 52.1 Å². The van der Waals surface area contributed by atoms with Crippen molar-refractivity contribution in [1.82, 2.24) is 10.2 Å². The molecule has 16 heavy (non-hydrogen) atoms. The van der Waals surface area contributed by atoms with Crippen molar-refractivity contribution in [1.29, 1.82) is 5.26 Å². The van der Waals surface area contributed by atoms with Crippen LogP contribution < -0.4 is 5.32 Å². The van der Waals surface area contributed by atoms with Crippen LogP contribution in [0.25, 0.3) is 0 Å². The van der Waals surface area contributed by atoms with E-state index in [1.165, 1.54) is 13.0 Å². The van der Waals surface area contributed by atoms with Gasteiger partial charge in [-0.25, -0.2) is 0 Å². The minimum absolute atomic E-state index is 0.361. The van der Waals surface area contributed by atoms with E-state index >= 15 is 0 Å². The van der Waals surface area contributed by atoms with E-state index in [0.29, 0.717) is 6.04 Å². The molecule has 0 aromatic carbocycles. The smallest absolute Gasteiger partial charge is 0.105 e. The van der Waals surface area contributed by atoms with Gasteiger partial charge in [0.15, 0.2) is 0 Å². The summed E-state index contributed by atoms with van der Waals surface area (Å²) in [6, 6.07) is 3.07. The lowest BCUT2D eigenvalue weighted by atomic mass is 9.99. The second-order valence-corrected chi connectivity index (χ2v) is 5.41. The van der Waals surface area contributed by atoms with Gasteiger partial charge in [0.25, 0.3) is 0 Å². The number of hydrogen-bond acceptors (Lipinski definition) is 3. The molecule has 0 bridgehead atoms. The van der Waals surface area contributed by atoms with Gasteiger partial charge in [0, 0.05) is 19.1 Å². The Bertz CT molecular complexity index is 258. The summed E-state index contributed by atoms with van der Waals surface area (Å²) in [5, 5.41) is 12.4. The Balaban J connectivity index is 2.41. The maximum absolute atomic E-state index is 9.18. The fourth-order valence-electron chi connectivity index (χ4n) is 2.64. The molecule has 0 saturated carbocycles. The molecule has 1 aliphatic heterocycles. The van der Waals surface area contributed by atoms with Gasteiger partial charge >= 0.3 is 0 Å². The summed E-state index contributed by atoms with van der Waals surface area (Å²) in [6.45, 7) is 11.7. The average Bonchev–Trinajstić information content (AvgIpc) is 2.55. The highest BCUT2D eigenvalue weighted by Gasteiger charge is 2.29. The Morgan fingerprint density at radius 2 is 2.19 bits per heavy atom. The van der Waals surface area contributed by atoms with Gasteiger partial charge in [-0.2, -0.15) is 5.26 Å². The van der Waals surface area contributed by atoms with Crippen LogP contribution in [0.2, 0.25) is 0 Å². The Labute approximate surface area is 99.8 Å². The SMILES string of the molecule is CCNC(C)(C#N)CCN1CC(C)CC1C. The summed E-state index contributed by atoms with van der Waals surface area (Å²) in [6.07, 6.45) is 2.21. The summed E-state index contributed by atoms with van der Waals surface area (Å²) in [5.41, 5.74) is -0.361. The summed E-state index contributed by atoms with van der Waals surface area (Å²) in [5.74, 6) is 0.808. The van der Waals surface area contributed by atoms with E-state index in [4.69, 9.17) is 0 Å². The minimum Gasteiger partial charge on any atom is -0.300 e. The maximum Gasteiger partial charge on any atom is 0.105 e. The molecule has 92 valence electrons. The van der Waals surface area contributed by atoms with Crippen LogP contribution in [-0.2, 0) is 0 Å². The van der Waals surface area contributed by atoms with Crippen LogP contribution in [0.4, 0.5) is 0 Å². The Morgan fingerprint density at radius 1 is 1.50 bits per heavy atom. The fraction of sp³-hybridized carbons (Fsp3) is 0.923. The van der Waals surface area contributed by atoms with E-state index in [0.717, 1.165) is 25.4 Å². The van der Waals surface area contributed by atoms with Gasteiger partial charge in [-0.3, -0.25) is 5.32 Å². The van der Waals surface area contributed by atoms with E-state index < -0.39 is 0 Å². The molecule has 0 spiro atoms.